The van der Waals surface area contributed by atoms with Gasteiger partial charge in [-0.2, -0.15) is 4.98 Å². The van der Waals surface area contributed by atoms with Gasteiger partial charge in [0.1, 0.15) is 17.3 Å². The van der Waals surface area contributed by atoms with Crippen LogP contribution in [0.2, 0.25) is 0 Å². The minimum atomic E-state index is -0.556. The molecule has 0 saturated carbocycles. The van der Waals surface area contributed by atoms with Crippen molar-refractivity contribution in [2.75, 3.05) is 26.8 Å². The van der Waals surface area contributed by atoms with Crippen molar-refractivity contribution < 1.29 is 28.0 Å². The summed E-state index contributed by atoms with van der Waals surface area (Å²) in [5, 5.41) is 8.93. The van der Waals surface area contributed by atoms with Crippen LogP contribution in [0.3, 0.4) is 0 Å². The van der Waals surface area contributed by atoms with Gasteiger partial charge in [0.25, 0.3) is 5.91 Å². The molecule has 10 heteroatoms. The maximum absolute atomic E-state index is 12.8. The van der Waals surface area contributed by atoms with Gasteiger partial charge in [-0.25, -0.2) is 4.39 Å². The molecule has 0 fully saturated rings. The van der Waals surface area contributed by atoms with E-state index in [1.54, 1.807) is 31.4 Å². The molecule has 0 radical (unpaired) electrons. The molecule has 2 N–H and O–H groups in total. The van der Waals surface area contributed by atoms with Crippen LogP contribution >= 0.6 is 0 Å². The van der Waals surface area contributed by atoms with Gasteiger partial charge in [-0.1, -0.05) is 5.16 Å². The van der Waals surface area contributed by atoms with E-state index < -0.39 is 5.91 Å². The predicted molar refractivity (Wildman–Crippen MR) is 104 cm³/mol. The normalized spacial score (nSPS) is 10.3. The molecular formula is C20H19FN4O5. The molecule has 0 unspecified atom stereocenters. The number of amides is 2. The van der Waals surface area contributed by atoms with Crippen LogP contribution in [0.5, 0.6) is 11.5 Å². The Morgan fingerprint density at radius 2 is 1.67 bits per heavy atom. The third kappa shape index (κ3) is 5.77. The Kier molecular flexibility index (Phi) is 6.93. The average Bonchev–Trinajstić information content (AvgIpc) is 3.27. The zero-order valence-electron chi connectivity index (χ0n) is 16.1. The standard InChI is InChI=1S/C20H19FN4O5/c1-28-15-6-2-13(3-7-15)18-24-20(30-25-18)19(27)23-11-10-22-17(26)12-29-16-8-4-14(21)5-9-16/h2-9H,10-12H2,1H3,(H,22,26)(H,23,27). The second kappa shape index (κ2) is 10.0. The van der Waals surface area contributed by atoms with Crippen molar-refractivity contribution in [2.45, 2.75) is 0 Å². The first-order valence-corrected chi connectivity index (χ1v) is 8.96. The molecule has 2 aromatic carbocycles. The fourth-order valence-electron chi connectivity index (χ4n) is 2.36. The molecule has 3 aromatic rings. The van der Waals surface area contributed by atoms with Crippen molar-refractivity contribution >= 4 is 11.8 Å². The first-order valence-electron chi connectivity index (χ1n) is 8.96. The summed E-state index contributed by atoms with van der Waals surface area (Å²) in [4.78, 5) is 27.9. The number of halogens is 1. The number of hydrogen-bond donors (Lipinski definition) is 2. The van der Waals surface area contributed by atoms with E-state index in [1.807, 2.05) is 0 Å². The molecule has 2 amide bonds. The number of carbonyl (C=O) groups excluding carboxylic acids is 2. The third-order valence-corrected chi connectivity index (χ3v) is 3.88. The molecule has 0 saturated heterocycles. The predicted octanol–water partition coefficient (Wildman–Crippen LogP) is 1.81. The number of benzene rings is 2. The molecule has 1 heterocycles. The molecule has 0 aliphatic heterocycles. The highest BCUT2D eigenvalue weighted by atomic mass is 19.1. The summed E-state index contributed by atoms with van der Waals surface area (Å²) < 4.78 is 28.1. The zero-order valence-corrected chi connectivity index (χ0v) is 16.1. The second-order valence-electron chi connectivity index (χ2n) is 6.00. The Balaban J connectivity index is 1.38. The van der Waals surface area contributed by atoms with E-state index in [4.69, 9.17) is 14.0 Å². The van der Waals surface area contributed by atoms with Crippen LogP contribution in [0, 0.1) is 5.82 Å². The van der Waals surface area contributed by atoms with Crippen molar-refractivity contribution in [3.63, 3.8) is 0 Å². The molecular weight excluding hydrogens is 395 g/mol. The van der Waals surface area contributed by atoms with E-state index >= 15 is 0 Å². The summed E-state index contributed by atoms with van der Waals surface area (Å²) in [6.07, 6.45) is 0. The molecule has 0 aliphatic rings. The summed E-state index contributed by atoms with van der Waals surface area (Å²) in [7, 11) is 1.56. The number of carbonyl (C=O) groups is 2. The maximum Gasteiger partial charge on any atom is 0.316 e. The Morgan fingerprint density at radius 1 is 1.00 bits per heavy atom. The van der Waals surface area contributed by atoms with Crippen molar-refractivity contribution in [1.82, 2.24) is 20.8 Å². The van der Waals surface area contributed by atoms with Crippen LogP contribution in [0.25, 0.3) is 11.4 Å². The van der Waals surface area contributed by atoms with Crippen LogP contribution in [0.15, 0.2) is 53.1 Å². The Labute approximate surface area is 171 Å². The Bertz CT molecular complexity index is 989. The molecule has 0 bridgehead atoms. The number of rotatable bonds is 9. The van der Waals surface area contributed by atoms with E-state index in [1.165, 1.54) is 24.3 Å². The molecule has 30 heavy (non-hydrogen) atoms. The lowest BCUT2D eigenvalue weighted by atomic mass is 10.2. The van der Waals surface area contributed by atoms with Gasteiger partial charge in [0, 0.05) is 18.7 Å². The highest BCUT2D eigenvalue weighted by molar-refractivity contribution is 5.89. The zero-order chi connectivity index (χ0) is 21.3. The van der Waals surface area contributed by atoms with Crippen LogP contribution in [0.4, 0.5) is 4.39 Å². The number of nitrogens with one attached hydrogen (secondary N) is 2. The average molecular weight is 414 g/mol. The van der Waals surface area contributed by atoms with Crippen molar-refractivity contribution in [3.05, 3.63) is 60.2 Å². The van der Waals surface area contributed by atoms with E-state index in [2.05, 4.69) is 20.8 Å². The summed E-state index contributed by atoms with van der Waals surface area (Å²) in [5.41, 5.74) is 0.673. The van der Waals surface area contributed by atoms with Gasteiger partial charge in [0.2, 0.25) is 5.82 Å². The minimum absolute atomic E-state index is 0.154. The number of hydrogen-bond acceptors (Lipinski definition) is 7. The van der Waals surface area contributed by atoms with Crippen molar-refractivity contribution in [3.8, 4) is 22.9 Å². The minimum Gasteiger partial charge on any atom is -0.497 e. The number of ether oxygens (including phenoxy) is 2. The van der Waals surface area contributed by atoms with Gasteiger partial charge in [0.15, 0.2) is 6.61 Å². The molecule has 3 rings (SSSR count). The number of aromatic nitrogens is 2. The number of nitrogens with zero attached hydrogens (tertiary/aromatic N) is 2. The van der Waals surface area contributed by atoms with E-state index in [-0.39, 0.29) is 43.1 Å². The van der Waals surface area contributed by atoms with E-state index in [0.717, 1.165) is 0 Å². The van der Waals surface area contributed by atoms with Gasteiger partial charge in [0.05, 0.1) is 7.11 Å². The fourth-order valence-corrected chi connectivity index (χ4v) is 2.36. The lowest BCUT2D eigenvalue weighted by Gasteiger charge is -2.07. The molecule has 0 spiro atoms. The summed E-state index contributed by atoms with van der Waals surface area (Å²) >= 11 is 0. The molecule has 156 valence electrons. The number of methoxy groups -OCH3 is 1. The van der Waals surface area contributed by atoms with Crippen LogP contribution in [0.1, 0.15) is 10.7 Å². The Morgan fingerprint density at radius 3 is 2.37 bits per heavy atom. The van der Waals surface area contributed by atoms with Gasteiger partial charge in [-0.3, -0.25) is 9.59 Å². The lowest BCUT2D eigenvalue weighted by molar-refractivity contribution is -0.123. The monoisotopic (exact) mass is 414 g/mol. The first-order chi connectivity index (χ1) is 14.5. The SMILES string of the molecule is COc1ccc(-c2noc(C(=O)NCCNC(=O)COc3ccc(F)cc3)n2)cc1. The largest absolute Gasteiger partial charge is 0.497 e. The summed E-state index contributed by atoms with van der Waals surface area (Å²) in [5.74, 6) is -0.179. The lowest BCUT2D eigenvalue weighted by Crippen LogP contribution is -2.36. The van der Waals surface area contributed by atoms with Gasteiger partial charge in [-0.15, -0.1) is 0 Å². The maximum atomic E-state index is 12.8. The van der Waals surface area contributed by atoms with Gasteiger partial charge in [-0.05, 0) is 48.5 Å². The second-order valence-corrected chi connectivity index (χ2v) is 6.00. The van der Waals surface area contributed by atoms with E-state index in [0.29, 0.717) is 17.1 Å². The fraction of sp³-hybridized carbons (Fsp3) is 0.200. The van der Waals surface area contributed by atoms with Crippen LogP contribution in [-0.2, 0) is 4.79 Å². The molecule has 1 aromatic heterocycles. The first kappa shape index (κ1) is 20.8. The summed E-state index contributed by atoms with van der Waals surface area (Å²) in [6.45, 7) is 0.104. The summed E-state index contributed by atoms with van der Waals surface area (Å²) in [6, 6.07) is 12.3. The van der Waals surface area contributed by atoms with Gasteiger partial charge < -0.3 is 24.6 Å². The van der Waals surface area contributed by atoms with Crippen LogP contribution in [-0.4, -0.2) is 48.8 Å². The smallest absolute Gasteiger partial charge is 0.316 e. The third-order valence-electron chi connectivity index (χ3n) is 3.88. The molecule has 9 nitrogen and oxygen atoms in total. The van der Waals surface area contributed by atoms with Gasteiger partial charge >= 0.3 is 11.8 Å². The Hall–Kier alpha value is -3.95. The van der Waals surface area contributed by atoms with Crippen LogP contribution < -0.4 is 20.1 Å². The highest BCUT2D eigenvalue weighted by Gasteiger charge is 2.16. The molecule has 0 aliphatic carbocycles. The molecule has 0 atom stereocenters. The van der Waals surface area contributed by atoms with Crippen molar-refractivity contribution in [2.24, 2.45) is 0 Å². The van der Waals surface area contributed by atoms with E-state index in [9.17, 15) is 14.0 Å². The highest BCUT2D eigenvalue weighted by Crippen LogP contribution is 2.19. The quantitative estimate of drug-likeness (QED) is 0.513. The topological polar surface area (TPSA) is 116 Å². The van der Waals surface area contributed by atoms with Crippen molar-refractivity contribution in [1.29, 1.82) is 0 Å².